The van der Waals surface area contributed by atoms with Gasteiger partial charge in [0.05, 0.1) is 25.5 Å². The van der Waals surface area contributed by atoms with Crippen LogP contribution in [0.1, 0.15) is 10.4 Å². The number of amides is 1. The van der Waals surface area contributed by atoms with E-state index in [0.29, 0.717) is 65.9 Å². The molecule has 0 saturated carbocycles. The van der Waals surface area contributed by atoms with Crippen molar-refractivity contribution in [3.05, 3.63) is 60.2 Å². The summed E-state index contributed by atoms with van der Waals surface area (Å²) in [6.45, 7) is 2.12. The highest BCUT2D eigenvalue weighted by Crippen LogP contribution is 2.32. The molecule has 1 amide bonds. The molecule has 0 atom stereocenters. The first-order valence-corrected chi connectivity index (χ1v) is 10.7. The number of carbonyl (C=O) groups is 1. The van der Waals surface area contributed by atoms with Crippen molar-refractivity contribution in [1.82, 2.24) is 29.9 Å². The molecular formula is C23H22FN7O3. The standard InChI is InChI=1S/C23H22FN7O3/c1-33-18-5-3-4-17(20(18)34-2)23(32)30-12-10-29(11-13-30)21-19-22(26-14-25-21)31(28-27-19)16-8-6-15(24)7-9-16/h3-9,14H,10-13H2,1-2H3. The molecular weight excluding hydrogens is 441 g/mol. The quantitative estimate of drug-likeness (QED) is 0.445. The van der Waals surface area contributed by atoms with Crippen molar-refractivity contribution in [2.45, 2.75) is 0 Å². The van der Waals surface area contributed by atoms with Crippen molar-refractivity contribution < 1.29 is 18.7 Å². The number of anilines is 1. The van der Waals surface area contributed by atoms with Crippen LogP contribution in [0.4, 0.5) is 10.2 Å². The van der Waals surface area contributed by atoms with Gasteiger partial charge >= 0.3 is 0 Å². The van der Waals surface area contributed by atoms with Crippen LogP contribution in [0.2, 0.25) is 0 Å². The first-order valence-electron chi connectivity index (χ1n) is 10.7. The van der Waals surface area contributed by atoms with Crippen molar-refractivity contribution in [2.24, 2.45) is 0 Å². The highest BCUT2D eigenvalue weighted by atomic mass is 19.1. The minimum Gasteiger partial charge on any atom is -0.493 e. The molecule has 5 rings (SSSR count). The zero-order valence-electron chi connectivity index (χ0n) is 18.7. The average molecular weight is 463 g/mol. The molecule has 174 valence electrons. The van der Waals surface area contributed by atoms with Crippen LogP contribution in [0.25, 0.3) is 16.9 Å². The summed E-state index contributed by atoms with van der Waals surface area (Å²) in [7, 11) is 3.06. The Bertz CT molecular complexity index is 1330. The molecule has 2 aromatic carbocycles. The van der Waals surface area contributed by atoms with Crippen LogP contribution in [0.5, 0.6) is 11.5 Å². The lowest BCUT2D eigenvalue weighted by molar-refractivity contribution is 0.0742. The molecule has 1 aliphatic heterocycles. The molecule has 0 unspecified atom stereocenters. The summed E-state index contributed by atoms with van der Waals surface area (Å²) in [5.74, 6) is 1.13. The number of carbonyl (C=O) groups excluding carboxylic acids is 1. The summed E-state index contributed by atoms with van der Waals surface area (Å²) < 4.78 is 25.6. The molecule has 1 fully saturated rings. The van der Waals surface area contributed by atoms with Gasteiger partial charge in [-0.15, -0.1) is 5.10 Å². The van der Waals surface area contributed by atoms with Crippen molar-refractivity contribution in [3.8, 4) is 17.2 Å². The fraction of sp³-hybridized carbons (Fsp3) is 0.261. The second kappa shape index (κ2) is 8.93. The molecule has 0 aliphatic carbocycles. The van der Waals surface area contributed by atoms with Crippen LogP contribution in [-0.2, 0) is 0 Å². The van der Waals surface area contributed by atoms with E-state index in [9.17, 15) is 9.18 Å². The van der Waals surface area contributed by atoms with E-state index in [1.807, 2.05) is 0 Å². The van der Waals surface area contributed by atoms with Gasteiger partial charge in [0.25, 0.3) is 5.91 Å². The van der Waals surface area contributed by atoms with Gasteiger partial charge in [-0.1, -0.05) is 11.3 Å². The van der Waals surface area contributed by atoms with E-state index in [4.69, 9.17) is 9.47 Å². The predicted molar refractivity (Wildman–Crippen MR) is 122 cm³/mol. The minimum atomic E-state index is -0.331. The summed E-state index contributed by atoms with van der Waals surface area (Å²) in [4.78, 5) is 25.8. The number of nitrogens with zero attached hydrogens (tertiary/aromatic N) is 7. The van der Waals surface area contributed by atoms with Gasteiger partial charge in [-0.2, -0.15) is 4.68 Å². The Morgan fingerprint density at radius 1 is 0.971 bits per heavy atom. The molecule has 0 radical (unpaired) electrons. The number of rotatable bonds is 5. The molecule has 0 spiro atoms. The number of ether oxygens (including phenoxy) is 2. The second-order valence-corrected chi connectivity index (χ2v) is 7.67. The van der Waals surface area contributed by atoms with Gasteiger partial charge in [0.2, 0.25) is 0 Å². The molecule has 2 aromatic heterocycles. The van der Waals surface area contributed by atoms with Crippen LogP contribution >= 0.6 is 0 Å². The van der Waals surface area contributed by atoms with Crippen LogP contribution in [0.3, 0.4) is 0 Å². The van der Waals surface area contributed by atoms with E-state index in [0.717, 1.165) is 0 Å². The van der Waals surface area contributed by atoms with Gasteiger partial charge in [-0.25, -0.2) is 14.4 Å². The summed E-state index contributed by atoms with van der Waals surface area (Å²) >= 11 is 0. The van der Waals surface area contributed by atoms with Gasteiger partial charge in [0, 0.05) is 26.2 Å². The second-order valence-electron chi connectivity index (χ2n) is 7.67. The van der Waals surface area contributed by atoms with Crippen molar-refractivity contribution in [2.75, 3.05) is 45.3 Å². The molecule has 10 nitrogen and oxygen atoms in total. The zero-order chi connectivity index (χ0) is 23.7. The SMILES string of the molecule is COc1cccc(C(=O)N2CCN(c3ncnc4c3nnn4-c3ccc(F)cc3)CC2)c1OC. The fourth-order valence-electron chi connectivity index (χ4n) is 4.07. The Morgan fingerprint density at radius 3 is 2.44 bits per heavy atom. The van der Waals surface area contributed by atoms with Gasteiger partial charge in [0.15, 0.2) is 28.5 Å². The Labute approximate surface area is 194 Å². The maximum atomic E-state index is 13.3. The molecule has 11 heteroatoms. The monoisotopic (exact) mass is 463 g/mol. The van der Waals surface area contributed by atoms with E-state index in [2.05, 4.69) is 25.2 Å². The number of piperazine rings is 1. The lowest BCUT2D eigenvalue weighted by Gasteiger charge is -2.35. The lowest BCUT2D eigenvalue weighted by atomic mass is 10.1. The number of halogens is 1. The number of hydrogen-bond acceptors (Lipinski definition) is 8. The van der Waals surface area contributed by atoms with E-state index in [1.165, 1.54) is 25.6 Å². The number of methoxy groups -OCH3 is 2. The molecule has 3 heterocycles. The lowest BCUT2D eigenvalue weighted by Crippen LogP contribution is -2.49. The Kier molecular flexibility index (Phi) is 5.66. The normalized spacial score (nSPS) is 13.9. The predicted octanol–water partition coefficient (Wildman–Crippen LogP) is 2.33. The Balaban J connectivity index is 1.36. The third-order valence-electron chi connectivity index (χ3n) is 5.79. The van der Waals surface area contributed by atoms with Gasteiger partial charge in [-0.3, -0.25) is 4.79 Å². The van der Waals surface area contributed by atoms with Crippen LogP contribution in [0, 0.1) is 5.82 Å². The van der Waals surface area contributed by atoms with Crippen molar-refractivity contribution in [1.29, 1.82) is 0 Å². The number of hydrogen-bond donors (Lipinski definition) is 0. The molecule has 4 aromatic rings. The van der Waals surface area contributed by atoms with Crippen molar-refractivity contribution in [3.63, 3.8) is 0 Å². The van der Waals surface area contributed by atoms with E-state index in [1.54, 1.807) is 47.0 Å². The first-order chi connectivity index (χ1) is 16.6. The van der Waals surface area contributed by atoms with Gasteiger partial charge in [0.1, 0.15) is 12.1 Å². The molecule has 0 bridgehead atoms. The number of benzene rings is 2. The zero-order valence-corrected chi connectivity index (χ0v) is 18.7. The van der Waals surface area contributed by atoms with Crippen LogP contribution < -0.4 is 14.4 Å². The molecule has 0 N–H and O–H groups in total. The summed E-state index contributed by atoms with van der Waals surface area (Å²) in [5.41, 5.74) is 2.18. The van der Waals surface area contributed by atoms with Gasteiger partial charge in [-0.05, 0) is 36.4 Å². The summed E-state index contributed by atoms with van der Waals surface area (Å²) in [6.07, 6.45) is 1.46. The summed E-state index contributed by atoms with van der Waals surface area (Å²) in [5, 5.41) is 8.47. The maximum absolute atomic E-state index is 13.3. The van der Waals surface area contributed by atoms with Crippen molar-refractivity contribution >= 4 is 22.9 Å². The minimum absolute atomic E-state index is 0.120. The smallest absolute Gasteiger partial charge is 0.257 e. The largest absolute Gasteiger partial charge is 0.493 e. The number of para-hydroxylation sites is 1. The highest BCUT2D eigenvalue weighted by molar-refractivity contribution is 5.98. The molecule has 1 saturated heterocycles. The molecule has 34 heavy (non-hydrogen) atoms. The highest BCUT2D eigenvalue weighted by Gasteiger charge is 2.27. The first kappa shape index (κ1) is 21.6. The number of aromatic nitrogens is 5. The Morgan fingerprint density at radius 2 is 1.74 bits per heavy atom. The van der Waals surface area contributed by atoms with Gasteiger partial charge < -0.3 is 19.3 Å². The van der Waals surface area contributed by atoms with E-state index in [-0.39, 0.29) is 11.7 Å². The molecule has 1 aliphatic rings. The topological polar surface area (TPSA) is 98.5 Å². The van der Waals surface area contributed by atoms with E-state index >= 15 is 0 Å². The average Bonchev–Trinajstić information content (AvgIpc) is 3.32. The maximum Gasteiger partial charge on any atom is 0.257 e. The Hall–Kier alpha value is -4.28. The van der Waals surface area contributed by atoms with Crippen LogP contribution in [0.15, 0.2) is 48.8 Å². The number of fused-ring (bicyclic) bond motifs is 1. The fourth-order valence-corrected chi connectivity index (χ4v) is 4.07. The third-order valence-corrected chi connectivity index (χ3v) is 5.79. The van der Waals surface area contributed by atoms with Crippen LogP contribution in [-0.4, -0.2) is 76.2 Å². The third kappa shape index (κ3) is 3.74. The summed E-state index contributed by atoms with van der Waals surface area (Å²) in [6, 6.07) is 11.2. The van der Waals surface area contributed by atoms with E-state index < -0.39 is 0 Å².